The summed E-state index contributed by atoms with van der Waals surface area (Å²) < 4.78 is 0. The SMILES string of the molecule is CC(=O)N[C@@H](CS)C(=O)N1CCN(c2ccccc2)CC1. The van der Waals surface area contributed by atoms with Crippen LogP contribution < -0.4 is 10.2 Å². The van der Waals surface area contributed by atoms with Gasteiger partial charge in [0.05, 0.1) is 0 Å². The van der Waals surface area contributed by atoms with Gasteiger partial charge in [-0.25, -0.2) is 0 Å². The summed E-state index contributed by atoms with van der Waals surface area (Å²) in [5, 5.41) is 2.65. The zero-order valence-corrected chi connectivity index (χ0v) is 13.1. The van der Waals surface area contributed by atoms with Crippen LogP contribution in [0.25, 0.3) is 0 Å². The molecule has 1 aromatic carbocycles. The van der Waals surface area contributed by atoms with Crippen molar-refractivity contribution in [2.45, 2.75) is 13.0 Å². The van der Waals surface area contributed by atoms with Crippen LogP contribution in [-0.4, -0.2) is 54.7 Å². The highest BCUT2D eigenvalue weighted by Crippen LogP contribution is 2.16. The van der Waals surface area contributed by atoms with Gasteiger partial charge in [0.25, 0.3) is 0 Å². The molecule has 5 nitrogen and oxygen atoms in total. The molecule has 1 aromatic rings. The Morgan fingerprint density at radius 3 is 2.33 bits per heavy atom. The van der Waals surface area contributed by atoms with Gasteiger partial charge in [-0.15, -0.1) is 0 Å². The highest BCUT2D eigenvalue weighted by molar-refractivity contribution is 7.80. The predicted molar refractivity (Wildman–Crippen MR) is 86.7 cm³/mol. The van der Waals surface area contributed by atoms with Crippen molar-refractivity contribution >= 4 is 30.1 Å². The smallest absolute Gasteiger partial charge is 0.246 e. The van der Waals surface area contributed by atoms with E-state index in [-0.39, 0.29) is 11.8 Å². The summed E-state index contributed by atoms with van der Waals surface area (Å²) in [6.45, 7) is 4.34. The first kappa shape index (κ1) is 15.7. The third kappa shape index (κ3) is 4.14. The van der Waals surface area contributed by atoms with Crippen molar-refractivity contribution in [3.05, 3.63) is 30.3 Å². The number of carbonyl (C=O) groups excluding carboxylic acids is 2. The predicted octanol–water partition coefficient (Wildman–Crippen LogP) is 0.770. The molecule has 1 aliphatic rings. The Balaban J connectivity index is 1.91. The molecular formula is C15H21N3O2S. The quantitative estimate of drug-likeness (QED) is 0.808. The summed E-state index contributed by atoms with van der Waals surface area (Å²) in [5.74, 6) is 0.0651. The van der Waals surface area contributed by atoms with Crippen LogP contribution in [0.4, 0.5) is 5.69 Å². The van der Waals surface area contributed by atoms with Crippen molar-refractivity contribution in [3.63, 3.8) is 0 Å². The van der Waals surface area contributed by atoms with Crippen LogP contribution in [0.15, 0.2) is 30.3 Å². The van der Waals surface area contributed by atoms with E-state index in [4.69, 9.17) is 0 Å². The first-order valence-corrected chi connectivity index (χ1v) is 7.72. The van der Waals surface area contributed by atoms with Gasteiger partial charge in [-0.1, -0.05) is 18.2 Å². The van der Waals surface area contributed by atoms with Gasteiger partial charge in [0.15, 0.2) is 0 Å². The number of rotatable bonds is 4. The molecule has 6 heteroatoms. The monoisotopic (exact) mass is 307 g/mol. The minimum absolute atomic E-state index is 0.0482. The number of amides is 2. The molecule has 1 N–H and O–H groups in total. The molecule has 0 aromatic heterocycles. The maximum atomic E-state index is 12.4. The molecule has 1 fully saturated rings. The van der Waals surface area contributed by atoms with Crippen LogP contribution in [0.3, 0.4) is 0 Å². The molecule has 2 rings (SSSR count). The Morgan fingerprint density at radius 1 is 1.19 bits per heavy atom. The van der Waals surface area contributed by atoms with E-state index in [0.717, 1.165) is 13.1 Å². The molecular weight excluding hydrogens is 286 g/mol. The number of para-hydroxylation sites is 1. The third-order valence-corrected chi connectivity index (χ3v) is 3.94. The van der Waals surface area contributed by atoms with E-state index in [2.05, 4.69) is 35.0 Å². The molecule has 1 heterocycles. The molecule has 0 saturated carbocycles. The van der Waals surface area contributed by atoms with Gasteiger partial charge in [0.2, 0.25) is 11.8 Å². The first-order valence-electron chi connectivity index (χ1n) is 7.08. The van der Waals surface area contributed by atoms with Crippen molar-refractivity contribution < 1.29 is 9.59 Å². The number of nitrogens with zero attached hydrogens (tertiary/aromatic N) is 2. The molecule has 2 amide bonds. The van der Waals surface area contributed by atoms with Gasteiger partial charge in [-0.2, -0.15) is 12.6 Å². The summed E-state index contributed by atoms with van der Waals surface area (Å²) in [6.07, 6.45) is 0. The number of piperazine rings is 1. The fourth-order valence-corrected chi connectivity index (χ4v) is 2.72. The summed E-state index contributed by atoms with van der Waals surface area (Å²) >= 11 is 4.15. The molecule has 1 atom stereocenters. The molecule has 0 aliphatic carbocycles. The second-order valence-electron chi connectivity index (χ2n) is 5.08. The molecule has 0 unspecified atom stereocenters. The Labute approximate surface area is 130 Å². The number of carbonyl (C=O) groups is 2. The number of hydrogen-bond acceptors (Lipinski definition) is 4. The van der Waals surface area contributed by atoms with Crippen molar-refractivity contribution in [1.29, 1.82) is 0 Å². The van der Waals surface area contributed by atoms with Gasteiger partial charge in [0.1, 0.15) is 6.04 Å². The normalized spacial score (nSPS) is 16.5. The van der Waals surface area contributed by atoms with E-state index in [1.54, 1.807) is 4.90 Å². The minimum Gasteiger partial charge on any atom is -0.368 e. The van der Waals surface area contributed by atoms with E-state index >= 15 is 0 Å². The average Bonchev–Trinajstić information content (AvgIpc) is 2.53. The summed E-state index contributed by atoms with van der Waals surface area (Å²) in [5.41, 5.74) is 1.18. The highest BCUT2D eigenvalue weighted by Gasteiger charge is 2.27. The maximum absolute atomic E-state index is 12.4. The molecule has 1 saturated heterocycles. The van der Waals surface area contributed by atoms with Gasteiger partial charge in [0, 0.05) is 44.5 Å². The first-order chi connectivity index (χ1) is 10.1. The topological polar surface area (TPSA) is 52.7 Å². The van der Waals surface area contributed by atoms with Gasteiger partial charge >= 0.3 is 0 Å². The van der Waals surface area contributed by atoms with Crippen molar-refractivity contribution in [2.24, 2.45) is 0 Å². The zero-order valence-electron chi connectivity index (χ0n) is 12.2. The van der Waals surface area contributed by atoms with Crippen molar-refractivity contribution in [2.75, 3.05) is 36.8 Å². The molecule has 21 heavy (non-hydrogen) atoms. The Hall–Kier alpha value is -1.69. The average molecular weight is 307 g/mol. The second kappa shape index (κ2) is 7.36. The molecule has 0 spiro atoms. The van der Waals surface area contributed by atoms with E-state index in [1.807, 2.05) is 18.2 Å². The summed E-state index contributed by atoms with van der Waals surface area (Å²) in [4.78, 5) is 27.5. The second-order valence-corrected chi connectivity index (χ2v) is 5.45. The number of anilines is 1. The fourth-order valence-electron chi connectivity index (χ4n) is 2.48. The standard InChI is InChI=1S/C15H21N3O2S/c1-12(19)16-14(11-21)15(20)18-9-7-17(8-10-18)13-5-3-2-4-6-13/h2-6,14,21H,7-11H2,1H3,(H,16,19)/t14-/m0/s1. The van der Waals surface area contributed by atoms with E-state index < -0.39 is 6.04 Å². The van der Waals surface area contributed by atoms with Crippen LogP contribution in [0, 0.1) is 0 Å². The van der Waals surface area contributed by atoms with Gasteiger partial charge in [-0.05, 0) is 12.1 Å². The lowest BCUT2D eigenvalue weighted by atomic mass is 10.2. The largest absolute Gasteiger partial charge is 0.368 e. The lowest BCUT2D eigenvalue weighted by Crippen LogP contribution is -2.55. The number of nitrogens with one attached hydrogen (secondary N) is 1. The Bertz CT molecular complexity index is 487. The molecule has 1 aliphatic heterocycles. The van der Waals surface area contributed by atoms with E-state index in [0.29, 0.717) is 18.8 Å². The van der Waals surface area contributed by atoms with Crippen LogP contribution in [0.2, 0.25) is 0 Å². The Morgan fingerprint density at radius 2 is 1.81 bits per heavy atom. The highest BCUT2D eigenvalue weighted by atomic mass is 32.1. The number of benzene rings is 1. The van der Waals surface area contributed by atoms with Gasteiger partial charge in [-0.3, -0.25) is 9.59 Å². The van der Waals surface area contributed by atoms with Crippen molar-refractivity contribution in [1.82, 2.24) is 10.2 Å². The minimum atomic E-state index is -0.533. The maximum Gasteiger partial charge on any atom is 0.246 e. The lowest BCUT2D eigenvalue weighted by molar-refractivity contribution is -0.135. The summed E-state index contributed by atoms with van der Waals surface area (Å²) in [7, 11) is 0. The lowest BCUT2D eigenvalue weighted by Gasteiger charge is -2.37. The molecule has 114 valence electrons. The van der Waals surface area contributed by atoms with Crippen LogP contribution >= 0.6 is 12.6 Å². The van der Waals surface area contributed by atoms with Crippen molar-refractivity contribution in [3.8, 4) is 0 Å². The Kier molecular flexibility index (Phi) is 5.50. The van der Waals surface area contributed by atoms with Gasteiger partial charge < -0.3 is 15.1 Å². The fraction of sp³-hybridized carbons (Fsp3) is 0.467. The van der Waals surface area contributed by atoms with E-state index in [9.17, 15) is 9.59 Å². The van der Waals surface area contributed by atoms with Crippen LogP contribution in [0.5, 0.6) is 0 Å². The van der Waals surface area contributed by atoms with Crippen LogP contribution in [0.1, 0.15) is 6.92 Å². The molecule has 0 bridgehead atoms. The number of hydrogen-bond donors (Lipinski definition) is 2. The number of thiol groups is 1. The zero-order chi connectivity index (χ0) is 15.2. The summed E-state index contributed by atoms with van der Waals surface area (Å²) in [6, 6.07) is 9.64. The third-order valence-electron chi connectivity index (χ3n) is 3.57. The van der Waals surface area contributed by atoms with Crippen LogP contribution in [-0.2, 0) is 9.59 Å². The van der Waals surface area contributed by atoms with E-state index in [1.165, 1.54) is 12.6 Å². The molecule has 0 radical (unpaired) electrons.